The van der Waals surface area contributed by atoms with Gasteiger partial charge in [0.05, 0.1) is 16.7 Å². The third kappa shape index (κ3) is 1.66. The molecule has 1 aromatic carbocycles. The number of aliphatic hydroxyl groups excluding tert-OH is 1. The summed E-state index contributed by atoms with van der Waals surface area (Å²) >= 11 is 1.64. The van der Waals surface area contributed by atoms with Crippen LogP contribution in [0.15, 0.2) is 30.3 Å². The normalized spacial score (nSPS) is 19.4. The van der Waals surface area contributed by atoms with Crippen molar-refractivity contribution in [3.05, 3.63) is 40.9 Å². The van der Waals surface area contributed by atoms with Crippen LogP contribution in [0.4, 0.5) is 0 Å². The number of nitrogens with zero attached hydrogens (tertiary/aromatic N) is 1. The first-order valence-electron chi connectivity index (χ1n) is 5.57. The number of aromatic nitrogens is 1. The zero-order valence-electron chi connectivity index (χ0n) is 8.89. The van der Waals surface area contributed by atoms with E-state index in [2.05, 4.69) is 17.1 Å². The summed E-state index contributed by atoms with van der Waals surface area (Å²) in [5, 5.41) is 10.9. The fraction of sp³-hybridized carbons (Fsp3) is 0.308. The van der Waals surface area contributed by atoms with Crippen molar-refractivity contribution in [1.29, 1.82) is 0 Å². The highest BCUT2D eigenvalue weighted by Crippen LogP contribution is 2.37. The molecule has 1 atom stereocenters. The lowest BCUT2D eigenvalue weighted by molar-refractivity contribution is 0.160. The van der Waals surface area contributed by atoms with E-state index in [1.165, 1.54) is 0 Å². The van der Waals surface area contributed by atoms with Crippen LogP contribution < -0.4 is 0 Å². The van der Waals surface area contributed by atoms with Crippen LogP contribution in [0.25, 0.3) is 10.6 Å². The van der Waals surface area contributed by atoms with E-state index in [9.17, 15) is 5.11 Å². The van der Waals surface area contributed by atoms with Crippen molar-refractivity contribution in [1.82, 2.24) is 4.98 Å². The van der Waals surface area contributed by atoms with E-state index in [0.717, 1.165) is 40.4 Å². The van der Waals surface area contributed by atoms with E-state index in [1.807, 2.05) is 18.2 Å². The minimum absolute atomic E-state index is 0.293. The molecule has 1 aromatic heterocycles. The Hall–Kier alpha value is -1.19. The maximum absolute atomic E-state index is 9.89. The summed E-state index contributed by atoms with van der Waals surface area (Å²) in [5.74, 6) is 0. The van der Waals surface area contributed by atoms with Crippen LogP contribution >= 0.6 is 11.3 Å². The van der Waals surface area contributed by atoms with Gasteiger partial charge in [0.2, 0.25) is 0 Å². The molecule has 0 radical (unpaired) electrons. The van der Waals surface area contributed by atoms with E-state index < -0.39 is 0 Å². The van der Waals surface area contributed by atoms with Gasteiger partial charge in [-0.2, -0.15) is 0 Å². The molecule has 0 unspecified atom stereocenters. The second-order valence-corrected chi connectivity index (χ2v) is 5.13. The van der Waals surface area contributed by atoms with Crippen LogP contribution in [0.2, 0.25) is 0 Å². The second-order valence-electron chi connectivity index (χ2n) is 4.10. The Morgan fingerprint density at radius 2 is 2.06 bits per heavy atom. The number of aryl methyl sites for hydroxylation is 1. The van der Waals surface area contributed by atoms with Crippen molar-refractivity contribution < 1.29 is 5.11 Å². The Morgan fingerprint density at radius 3 is 2.81 bits per heavy atom. The van der Waals surface area contributed by atoms with E-state index in [0.29, 0.717) is 0 Å². The molecule has 0 saturated heterocycles. The van der Waals surface area contributed by atoms with Crippen LogP contribution in [-0.2, 0) is 6.42 Å². The Morgan fingerprint density at radius 1 is 1.25 bits per heavy atom. The molecule has 0 aliphatic heterocycles. The summed E-state index contributed by atoms with van der Waals surface area (Å²) in [7, 11) is 0. The van der Waals surface area contributed by atoms with Crippen LogP contribution in [-0.4, -0.2) is 10.1 Å². The van der Waals surface area contributed by atoms with Crippen molar-refractivity contribution in [3.8, 4) is 10.6 Å². The molecule has 1 N–H and O–H groups in total. The number of fused-ring (bicyclic) bond motifs is 1. The SMILES string of the molecule is O[C@H]1CCCc2nc(-c3ccccc3)sc21. The smallest absolute Gasteiger partial charge is 0.123 e. The van der Waals surface area contributed by atoms with Gasteiger partial charge in [-0.25, -0.2) is 4.98 Å². The monoisotopic (exact) mass is 231 g/mol. The van der Waals surface area contributed by atoms with Crippen molar-refractivity contribution in [3.63, 3.8) is 0 Å². The number of hydrogen-bond acceptors (Lipinski definition) is 3. The quantitative estimate of drug-likeness (QED) is 0.817. The van der Waals surface area contributed by atoms with Gasteiger partial charge in [-0.15, -0.1) is 11.3 Å². The van der Waals surface area contributed by atoms with E-state index in [4.69, 9.17) is 0 Å². The number of hydrogen-bond donors (Lipinski definition) is 1. The Balaban J connectivity index is 2.05. The number of rotatable bonds is 1. The van der Waals surface area contributed by atoms with Gasteiger partial charge in [-0.1, -0.05) is 30.3 Å². The molecule has 1 heterocycles. The average Bonchev–Trinajstić information content (AvgIpc) is 2.76. The molecule has 0 amide bonds. The molecule has 0 spiro atoms. The van der Waals surface area contributed by atoms with Gasteiger partial charge in [0, 0.05) is 5.56 Å². The fourth-order valence-corrected chi connectivity index (χ4v) is 3.24. The Bertz CT molecular complexity index is 492. The van der Waals surface area contributed by atoms with Gasteiger partial charge in [0.15, 0.2) is 0 Å². The number of thiazole rings is 1. The fourth-order valence-electron chi connectivity index (χ4n) is 2.10. The van der Waals surface area contributed by atoms with Gasteiger partial charge in [-0.3, -0.25) is 0 Å². The van der Waals surface area contributed by atoms with E-state index >= 15 is 0 Å². The van der Waals surface area contributed by atoms with Crippen LogP contribution in [0.5, 0.6) is 0 Å². The Labute approximate surface area is 98.6 Å². The average molecular weight is 231 g/mol. The summed E-state index contributed by atoms with van der Waals surface area (Å²) in [4.78, 5) is 5.70. The van der Waals surface area contributed by atoms with E-state index in [-0.39, 0.29) is 6.10 Å². The molecule has 0 bridgehead atoms. The van der Waals surface area contributed by atoms with Gasteiger partial charge in [-0.05, 0) is 19.3 Å². The highest BCUT2D eigenvalue weighted by atomic mass is 32.1. The topological polar surface area (TPSA) is 33.1 Å². The summed E-state index contributed by atoms with van der Waals surface area (Å²) in [6.07, 6.45) is 2.64. The van der Waals surface area contributed by atoms with E-state index in [1.54, 1.807) is 11.3 Å². The van der Waals surface area contributed by atoms with Crippen molar-refractivity contribution in [2.24, 2.45) is 0 Å². The zero-order chi connectivity index (χ0) is 11.0. The standard InChI is InChI=1S/C13H13NOS/c15-11-8-4-7-10-12(11)16-13(14-10)9-5-2-1-3-6-9/h1-3,5-6,11,15H,4,7-8H2/t11-/m0/s1. The van der Waals surface area contributed by atoms with Crippen LogP contribution in [0.1, 0.15) is 29.5 Å². The summed E-state index contributed by atoms with van der Waals surface area (Å²) in [5.41, 5.74) is 2.25. The van der Waals surface area contributed by atoms with Gasteiger partial charge in [0.25, 0.3) is 0 Å². The summed E-state index contributed by atoms with van der Waals surface area (Å²) < 4.78 is 0. The largest absolute Gasteiger partial charge is 0.388 e. The maximum Gasteiger partial charge on any atom is 0.123 e. The molecular weight excluding hydrogens is 218 g/mol. The molecule has 3 heteroatoms. The lowest BCUT2D eigenvalue weighted by Crippen LogP contribution is -2.06. The molecule has 16 heavy (non-hydrogen) atoms. The summed E-state index contributed by atoms with van der Waals surface area (Å²) in [6.45, 7) is 0. The first-order chi connectivity index (χ1) is 7.84. The highest BCUT2D eigenvalue weighted by Gasteiger charge is 2.22. The molecule has 3 rings (SSSR count). The zero-order valence-corrected chi connectivity index (χ0v) is 9.70. The van der Waals surface area contributed by atoms with Crippen molar-refractivity contribution in [2.75, 3.05) is 0 Å². The molecule has 2 nitrogen and oxygen atoms in total. The molecular formula is C13H13NOS. The van der Waals surface area contributed by atoms with Crippen LogP contribution in [0, 0.1) is 0 Å². The molecule has 1 aliphatic rings. The minimum atomic E-state index is -0.293. The van der Waals surface area contributed by atoms with Gasteiger partial charge < -0.3 is 5.11 Å². The summed E-state index contributed by atoms with van der Waals surface area (Å²) in [6, 6.07) is 10.2. The van der Waals surface area contributed by atoms with Gasteiger partial charge >= 0.3 is 0 Å². The molecule has 0 fully saturated rings. The van der Waals surface area contributed by atoms with Crippen LogP contribution in [0.3, 0.4) is 0 Å². The lowest BCUT2D eigenvalue weighted by Gasteiger charge is -2.14. The molecule has 1 aliphatic carbocycles. The van der Waals surface area contributed by atoms with Crippen molar-refractivity contribution >= 4 is 11.3 Å². The van der Waals surface area contributed by atoms with Crippen molar-refractivity contribution in [2.45, 2.75) is 25.4 Å². The lowest BCUT2D eigenvalue weighted by atomic mass is 10.0. The second kappa shape index (κ2) is 4.00. The van der Waals surface area contributed by atoms with Gasteiger partial charge in [0.1, 0.15) is 5.01 Å². The molecule has 2 aromatic rings. The third-order valence-electron chi connectivity index (χ3n) is 2.94. The first kappa shape index (κ1) is 10.00. The number of benzene rings is 1. The first-order valence-corrected chi connectivity index (χ1v) is 6.39. The molecule has 82 valence electrons. The molecule has 0 saturated carbocycles. The number of aliphatic hydroxyl groups is 1. The predicted octanol–water partition coefficient (Wildman–Crippen LogP) is 3.18. The maximum atomic E-state index is 9.89. The predicted molar refractivity (Wildman–Crippen MR) is 65.4 cm³/mol. The third-order valence-corrected chi connectivity index (χ3v) is 4.19. The highest BCUT2D eigenvalue weighted by molar-refractivity contribution is 7.15. The minimum Gasteiger partial charge on any atom is -0.388 e. The Kier molecular flexibility index (Phi) is 2.50.